The first-order chi connectivity index (χ1) is 8.61. The van der Waals surface area contributed by atoms with Gasteiger partial charge in [-0.3, -0.25) is 0 Å². The normalized spacial score (nSPS) is 23.8. The van der Waals surface area contributed by atoms with Crippen molar-refractivity contribution in [2.45, 2.75) is 37.8 Å². The Kier molecular flexibility index (Phi) is 4.92. The van der Waals surface area contributed by atoms with Gasteiger partial charge in [-0.2, -0.15) is 0 Å². The molecule has 5 heteroatoms. The van der Waals surface area contributed by atoms with Crippen molar-refractivity contribution in [1.82, 2.24) is 0 Å². The van der Waals surface area contributed by atoms with Gasteiger partial charge in [-0.25, -0.2) is 0 Å². The predicted octanol–water partition coefficient (Wildman–Crippen LogP) is 3.94. The first-order valence-corrected chi connectivity index (χ1v) is 7.68. The smallest absolute Gasteiger partial charge is 0.135 e. The van der Waals surface area contributed by atoms with E-state index in [1.807, 2.05) is 12.1 Å². The van der Waals surface area contributed by atoms with Gasteiger partial charge in [0, 0.05) is 10.5 Å². The Morgan fingerprint density at radius 2 is 1.94 bits per heavy atom. The van der Waals surface area contributed by atoms with Crippen LogP contribution in [0.2, 0.25) is 0 Å². The molecule has 0 aliphatic heterocycles. The zero-order chi connectivity index (χ0) is 13.1. The van der Waals surface area contributed by atoms with Crippen molar-refractivity contribution >= 4 is 37.5 Å². The lowest BCUT2D eigenvalue weighted by molar-refractivity contribution is 0.116. The number of aliphatic hydroxyl groups excluding tert-OH is 1. The van der Waals surface area contributed by atoms with Crippen molar-refractivity contribution < 1.29 is 9.84 Å². The van der Waals surface area contributed by atoms with Gasteiger partial charge in [0.1, 0.15) is 5.75 Å². The molecule has 0 saturated heterocycles. The zero-order valence-corrected chi connectivity index (χ0v) is 13.4. The second-order valence-corrected chi connectivity index (χ2v) is 6.28. The van der Waals surface area contributed by atoms with Gasteiger partial charge in [0.15, 0.2) is 0 Å². The molecule has 0 aromatic heterocycles. The van der Waals surface area contributed by atoms with Crippen LogP contribution in [0.4, 0.5) is 5.69 Å². The van der Waals surface area contributed by atoms with Gasteiger partial charge < -0.3 is 15.2 Å². The minimum absolute atomic E-state index is 0.126. The van der Waals surface area contributed by atoms with Crippen LogP contribution in [0.3, 0.4) is 0 Å². The van der Waals surface area contributed by atoms with E-state index in [1.165, 1.54) is 6.42 Å². The first kappa shape index (κ1) is 14.2. The SMILES string of the molecule is COc1cc(NC2CCCCC2O)c(Br)cc1Br. The van der Waals surface area contributed by atoms with Gasteiger partial charge in [0.05, 0.1) is 29.4 Å². The largest absolute Gasteiger partial charge is 0.495 e. The van der Waals surface area contributed by atoms with E-state index in [-0.39, 0.29) is 12.1 Å². The van der Waals surface area contributed by atoms with E-state index >= 15 is 0 Å². The summed E-state index contributed by atoms with van der Waals surface area (Å²) in [6.45, 7) is 0. The molecule has 2 unspecified atom stereocenters. The zero-order valence-electron chi connectivity index (χ0n) is 10.2. The number of anilines is 1. The number of halogens is 2. The van der Waals surface area contributed by atoms with Crippen LogP contribution in [-0.4, -0.2) is 24.4 Å². The van der Waals surface area contributed by atoms with Crippen molar-refractivity contribution in [3.05, 3.63) is 21.1 Å². The molecule has 2 N–H and O–H groups in total. The minimum atomic E-state index is -0.264. The topological polar surface area (TPSA) is 41.5 Å². The molecule has 1 saturated carbocycles. The Hall–Kier alpha value is -0.260. The molecule has 0 spiro atoms. The highest BCUT2D eigenvalue weighted by Crippen LogP contribution is 2.35. The molecule has 100 valence electrons. The molecule has 1 aromatic rings. The van der Waals surface area contributed by atoms with Crippen molar-refractivity contribution in [3.8, 4) is 5.75 Å². The molecule has 1 aliphatic rings. The molecule has 0 amide bonds. The maximum absolute atomic E-state index is 9.98. The average molecular weight is 379 g/mol. The number of ether oxygens (including phenoxy) is 1. The van der Waals surface area contributed by atoms with E-state index in [0.717, 1.165) is 39.6 Å². The molecule has 0 bridgehead atoms. The number of hydrogen-bond acceptors (Lipinski definition) is 3. The van der Waals surface area contributed by atoms with Gasteiger partial charge in [-0.1, -0.05) is 12.8 Å². The van der Waals surface area contributed by atoms with Crippen LogP contribution in [0.5, 0.6) is 5.75 Å². The number of benzene rings is 1. The summed E-state index contributed by atoms with van der Waals surface area (Å²) in [5, 5.41) is 13.4. The van der Waals surface area contributed by atoms with E-state index in [4.69, 9.17) is 4.74 Å². The van der Waals surface area contributed by atoms with Crippen LogP contribution >= 0.6 is 31.9 Å². The van der Waals surface area contributed by atoms with Crippen molar-refractivity contribution in [2.75, 3.05) is 12.4 Å². The maximum Gasteiger partial charge on any atom is 0.135 e. The summed E-state index contributed by atoms with van der Waals surface area (Å²) in [5.41, 5.74) is 0.959. The highest BCUT2D eigenvalue weighted by atomic mass is 79.9. The standard InChI is InChI=1S/C13H17Br2NO2/c1-18-13-7-11(8(14)6-9(13)15)16-10-4-2-3-5-12(10)17/h6-7,10,12,16-17H,2-5H2,1H3. The summed E-state index contributed by atoms with van der Waals surface area (Å²) in [6.07, 6.45) is 3.90. The van der Waals surface area contributed by atoms with E-state index < -0.39 is 0 Å². The molecular formula is C13H17Br2NO2. The first-order valence-electron chi connectivity index (χ1n) is 6.09. The lowest BCUT2D eigenvalue weighted by Gasteiger charge is -2.29. The average Bonchev–Trinajstić information content (AvgIpc) is 2.35. The fraction of sp³-hybridized carbons (Fsp3) is 0.538. The fourth-order valence-corrected chi connectivity index (χ4v) is 3.55. The second-order valence-electron chi connectivity index (χ2n) is 4.57. The Balaban J connectivity index is 2.17. The molecule has 3 nitrogen and oxygen atoms in total. The lowest BCUT2D eigenvalue weighted by atomic mass is 9.92. The minimum Gasteiger partial charge on any atom is -0.495 e. The number of nitrogens with one attached hydrogen (secondary N) is 1. The molecule has 1 aliphatic carbocycles. The van der Waals surface area contributed by atoms with Gasteiger partial charge in [0.2, 0.25) is 0 Å². The summed E-state index contributed by atoms with van der Waals surface area (Å²) in [4.78, 5) is 0. The quantitative estimate of drug-likeness (QED) is 0.837. The fourth-order valence-electron chi connectivity index (χ4n) is 2.28. The number of rotatable bonds is 3. The Morgan fingerprint density at radius 3 is 2.61 bits per heavy atom. The highest BCUT2D eigenvalue weighted by molar-refractivity contribution is 9.11. The Labute approximate surface area is 124 Å². The summed E-state index contributed by atoms with van der Waals surface area (Å²) in [7, 11) is 1.65. The van der Waals surface area contributed by atoms with Crippen LogP contribution in [-0.2, 0) is 0 Å². The van der Waals surface area contributed by atoms with Gasteiger partial charge in [0.25, 0.3) is 0 Å². The van der Waals surface area contributed by atoms with Crippen LogP contribution in [0.15, 0.2) is 21.1 Å². The second kappa shape index (κ2) is 6.26. The predicted molar refractivity (Wildman–Crippen MR) is 80.3 cm³/mol. The van der Waals surface area contributed by atoms with Crippen molar-refractivity contribution in [3.63, 3.8) is 0 Å². The van der Waals surface area contributed by atoms with Crippen molar-refractivity contribution in [2.24, 2.45) is 0 Å². The van der Waals surface area contributed by atoms with Crippen LogP contribution in [0, 0.1) is 0 Å². The van der Waals surface area contributed by atoms with E-state index in [2.05, 4.69) is 37.2 Å². The van der Waals surface area contributed by atoms with Crippen LogP contribution < -0.4 is 10.1 Å². The molecule has 0 radical (unpaired) electrons. The highest BCUT2D eigenvalue weighted by Gasteiger charge is 2.23. The van der Waals surface area contributed by atoms with E-state index in [1.54, 1.807) is 7.11 Å². The van der Waals surface area contributed by atoms with Gasteiger partial charge >= 0.3 is 0 Å². The Bertz CT molecular complexity index is 426. The van der Waals surface area contributed by atoms with Gasteiger partial charge in [-0.15, -0.1) is 0 Å². The summed E-state index contributed by atoms with van der Waals surface area (Å²) in [5.74, 6) is 0.783. The van der Waals surface area contributed by atoms with Crippen molar-refractivity contribution in [1.29, 1.82) is 0 Å². The number of methoxy groups -OCH3 is 1. The number of hydrogen-bond donors (Lipinski definition) is 2. The molecule has 1 fully saturated rings. The molecule has 18 heavy (non-hydrogen) atoms. The maximum atomic E-state index is 9.98. The van der Waals surface area contributed by atoms with E-state index in [0.29, 0.717) is 0 Å². The summed E-state index contributed by atoms with van der Waals surface area (Å²) >= 11 is 6.97. The lowest BCUT2D eigenvalue weighted by Crippen LogP contribution is -2.36. The summed E-state index contributed by atoms with van der Waals surface area (Å²) in [6, 6.07) is 4.02. The monoisotopic (exact) mass is 377 g/mol. The third kappa shape index (κ3) is 3.19. The van der Waals surface area contributed by atoms with E-state index in [9.17, 15) is 5.11 Å². The molecule has 2 atom stereocenters. The number of aliphatic hydroxyl groups is 1. The van der Waals surface area contributed by atoms with Gasteiger partial charge in [-0.05, 0) is 50.8 Å². The third-order valence-corrected chi connectivity index (χ3v) is 4.59. The molecule has 2 rings (SSSR count). The summed E-state index contributed by atoms with van der Waals surface area (Å²) < 4.78 is 7.16. The third-order valence-electron chi connectivity index (χ3n) is 3.31. The molecular weight excluding hydrogens is 362 g/mol. The molecule has 1 aromatic carbocycles. The van der Waals surface area contributed by atoms with Crippen LogP contribution in [0.1, 0.15) is 25.7 Å². The van der Waals surface area contributed by atoms with Crippen LogP contribution in [0.25, 0.3) is 0 Å². The Morgan fingerprint density at radius 1 is 1.22 bits per heavy atom. The molecule has 0 heterocycles.